The van der Waals surface area contributed by atoms with Crippen molar-refractivity contribution in [1.29, 1.82) is 0 Å². The van der Waals surface area contributed by atoms with E-state index in [2.05, 4.69) is 42.2 Å². The lowest BCUT2D eigenvalue weighted by molar-refractivity contribution is -0.139. The minimum atomic E-state index is -1.30. The van der Waals surface area contributed by atoms with Gasteiger partial charge in [0.2, 0.25) is 0 Å². The van der Waals surface area contributed by atoms with Crippen molar-refractivity contribution in [3.05, 3.63) is 26.9 Å². The number of ether oxygens (including phenoxy) is 1. The van der Waals surface area contributed by atoms with Crippen LogP contribution in [0, 0.1) is 0 Å². The Morgan fingerprint density at radius 3 is 2.45 bits per heavy atom. The second kappa shape index (κ2) is 6.53. The van der Waals surface area contributed by atoms with E-state index in [9.17, 15) is 14.7 Å². The lowest BCUT2D eigenvalue weighted by atomic mass is 10.2. The number of hydrogen-bond donors (Lipinski definition) is 2. The molecule has 0 radical (unpaired) electrons. The van der Waals surface area contributed by atoms with Crippen molar-refractivity contribution in [3.63, 3.8) is 0 Å². The highest BCUT2D eigenvalue weighted by Crippen LogP contribution is 2.25. The van der Waals surface area contributed by atoms with Gasteiger partial charge in [0, 0.05) is 15.1 Å². The average molecular weight is 410 g/mol. The lowest BCUT2D eigenvalue weighted by Gasteiger charge is -2.22. The van der Waals surface area contributed by atoms with Gasteiger partial charge in [0.05, 0.1) is 5.69 Å². The second-order valence-corrected chi connectivity index (χ2v) is 6.71. The number of pyridine rings is 1. The van der Waals surface area contributed by atoms with Gasteiger partial charge >= 0.3 is 12.1 Å². The smallest absolute Gasteiger partial charge is 0.408 e. The molecule has 2 N–H and O–H groups in total. The van der Waals surface area contributed by atoms with Crippen LogP contribution in [0.5, 0.6) is 0 Å². The number of aliphatic carboxylic acids is 1. The SMILES string of the molecule is CC(C)(C)OC(=O)NC(C(=O)O)c1ncc(Br)cc1Br. The molecule has 0 aliphatic carbocycles. The van der Waals surface area contributed by atoms with E-state index < -0.39 is 23.7 Å². The van der Waals surface area contributed by atoms with E-state index >= 15 is 0 Å². The Morgan fingerprint density at radius 2 is 2.00 bits per heavy atom. The van der Waals surface area contributed by atoms with Gasteiger partial charge in [-0.15, -0.1) is 0 Å². The number of halogens is 2. The fourth-order valence-electron chi connectivity index (χ4n) is 1.31. The molecule has 20 heavy (non-hydrogen) atoms. The van der Waals surface area contributed by atoms with Crippen LogP contribution in [0.15, 0.2) is 21.2 Å². The zero-order valence-electron chi connectivity index (χ0n) is 11.1. The first-order valence-electron chi connectivity index (χ1n) is 5.63. The first-order chi connectivity index (χ1) is 9.10. The summed E-state index contributed by atoms with van der Waals surface area (Å²) in [5.74, 6) is -1.23. The summed E-state index contributed by atoms with van der Waals surface area (Å²) in [6, 6.07) is 0.349. The molecule has 0 fully saturated rings. The predicted molar refractivity (Wildman–Crippen MR) is 79.4 cm³/mol. The fourth-order valence-corrected chi connectivity index (χ4v) is 2.53. The molecule has 0 spiro atoms. The monoisotopic (exact) mass is 408 g/mol. The molecule has 1 aromatic rings. The second-order valence-electron chi connectivity index (χ2n) is 4.94. The third kappa shape index (κ3) is 5.09. The maximum Gasteiger partial charge on any atom is 0.408 e. The van der Waals surface area contributed by atoms with Crippen LogP contribution in [-0.4, -0.2) is 27.8 Å². The zero-order valence-corrected chi connectivity index (χ0v) is 14.3. The van der Waals surface area contributed by atoms with Gasteiger partial charge in [-0.25, -0.2) is 9.59 Å². The molecule has 1 heterocycles. The van der Waals surface area contributed by atoms with E-state index in [1.807, 2.05) is 0 Å². The minimum absolute atomic E-state index is 0.187. The van der Waals surface area contributed by atoms with Crippen LogP contribution in [0.2, 0.25) is 0 Å². The van der Waals surface area contributed by atoms with Gasteiger partial charge in [0.25, 0.3) is 0 Å². The van der Waals surface area contributed by atoms with Crippen molar-refractivity contribution < 1.29 is 19.4 Å². The maximum atomic E-state index is 11.7. The summed E-state index contributed by atoms with van der Waals surface area (Å²) < 4.78 is 6.20. The van der Waals surface area contributed by atoms with Crippen molar-refractivity contribution in [2.45, 2.75) is 32.4 Å². The third-order valence-electron chi connectivity index (χ3n) is 2.02. The molecule has 8 heteroatoms. The molecule has 0 aliphatic rings. The Morgan fingerprint density at radius 1 is 1.40 bits per heavy atom. The molecule has 0 aliphatic heterocycles. The highest BCUT2D eigenvalue weighted by molar-refractivity contribution is 9.11. The van der Waals surface area contributed by atoms with E-state index in [-0.39, 0.29) is 5.69 Å². The normalized spacial score (nSPS) is 12.7. The van der Waals surface area contributed by atoms with Gasteiger partial charge in [0.15, 0.2) is 6.04 Å². The summed E-state index contributed by atoms with van der Waals surface area (Å²) in [4.78, 5) is 27.0. The standard InChI is InChI=1S/C12H14Br2N2O4/c1-12(2,3)20-11(19)16-9(10(17)18)8-7(14)4-6(13)5-15-8/h4-5,9H,1-3H3,(H,16,19)(H,17,18). The van der Waals surface area contributed by atoms with E-state index in [1.165, 1.54) is 6.20 Å². The molecule has 6 nitrogen and oxygen atoms in total. The van der Waals surface area contributed by atoms with Crippen LogP contribution in [0.1, 0.15) is 32.5 Å². The van der Waals surface area contributed by atoms with Gasteiger partial charge in [0.1, 0.15) is 5.60 Å². The average Bonchev–Trinajstić information content (AvgIpc) is 2.23. The number of carboxylic acid groups (broad SMARTS) is 1. The molecule has 1 aromatic heterocycles. The van der Waals surface area contributed by atoms with Crippen LogP contribution in [0.25, 0.3) is 0 Å². The Hall–Kier alpha value is -1.15. The zero-order chi connectivity index (χ0) is 15.5. The predicted octanol–water partition coefficient (Wildman–Crippen LogP) is 3.26. The quantitative estimate of drug-likeness (QED) is 0.799. The molecule has 1 atom stereocenters. The van der Waals surface area contributed by atoms with Crippen molar-refractivity contribution in [1.82, 2.24) is 10.3 Å². The summed E-state index contributed by atoms with van der Waals surface area (Å²) in [5, 5.41) is 11.5. The fraction of sp³-hybridized carbons (Fsp3) is 0.417. The maximum absolute atomic E-state index is 11.7. The third-order valence-corrected chi connectivity index (χ3v) is 3.09. The van der Waals surface area contributed by atoms with Gasteiger partial charge < -0.3 is 15.2 Å². The molecule has 1 unspecified atom stereocenters. The van der Waals surface area contributed by atoms with Gasteiger partial charge in [-0.05, 0) is 58.7 Å². The van der Waals surface area contributed by atoms with E-state index in [0.29, 0.717) is 8.95 Å². The summed E-state index contributed by atoms with van der Waals surface area (Å²) in [5.41, 5.74) is -0.524. The largest absolute Gasteiger partial charge is 0.479 e. The number of nitrogens with one attached hydrogen (secondary N) is 1. The number of carbonyl (C=O) groups is 2. The topological polar surface area (TPSA) is 88.5 Å². The first-order valence-corrected chi connectivity index (χ1v) is 7.22. The van der Waals surface area contributed by atoms with Crippen molar-refractivity contribution in [2.24, 2.45) is 0 Å². The van der Waals surface area contributed by atoms with Crippen molar-refractivity contribution in [3.8, 4) is 0 Å². The highest BCUT2D eigenvalue weighted by Gasteiger charge is 2.28. The van der Waals surface area contributed by atoms with Gasteiger partial charge in [-0.2, -0.15) is 0 Å². The summed E-state index contributed by atoms with van der Waals surface area (Å²) in [6.07, 6.45) is 0.633. The van der Waals surface area contributed by atoms with Crippen molar-refractivity contribution >= 4 is 43.9 Å². The van der Waals surface area contributed by atoms with Crippen molar-refractivity contribution in [2.75, 3.05) is 0 Å². The Balaban J connectivity index is 2.96. The number of alkyl carbamates (subject to hydrolysis) is 1. The van der Waals surface area contributed by atoms with Crippen LogP contribution in [-0.2, 0) is 9.53 Å². The number of rotatable bonds is 3. The summed E-state index contributed by atoms with van der Waals surface area (Å²) in [6.45, 7) is 5.07. The number of hydrogen-bond acceptors (Lipinski definition) is 4. The molecule has 1 rings (SSSR count). The molecular weight excluding hydrogens is 396 g/mol. The molecule has 0 saturated heterocycles. The van der Waals surface area contributed by atoms with Gasteiger partial charge in [-0.3, -0.25) is 4.98 Å². The van der Waals surface area contributed by atoms with Crippen LogP contribution in [0.3, 0.4) is 0 Å². The molecule has 1 amide bonds. The number of nitrogens with zero attached hydrogens (tertiary/aromatic N) is 1. The minimum Gasteiger partial charge on any atom is -0.479 e. The number of amides is 1. The van der Waals surface area contributed by atoms with E-state index in [1.54, 1.807) is 26.8 Å². The lowest BCUT2D eigenvalue weighted by Crippen LogP contribution is -2.38. The molecular formula is C12H14Br2N2O4. The first kappa shape index (κ1) is 16.9. The molecule has 110 valence electrons. The summed E-state index contributed by atoms with van der Waals surface area (Å²) in [7, 11) is 0. The number of aromatic nitrogens is 1. The number of carboxylic acids is 1. The van der Waals surface area contributed by atoms with Gasteiger partial charge in [-0.1, -0.05) is 0 Å². The molecule has 0 saturated carbocycles. The van der Waals surface area contributed by atoms with E-state index in [4.69, 9.17) is 4.74 Å². The van der Waals surface area contributed by atoms with Crippen LogP contribution in [0.4, 0.5) is 4.79 Å². The molecule has 0 bridgehead atoms. The highest BCUT2D eigenvalue weighted by atomic mass is 79.9. The Labute approximate surface area is 133 Å². The van der Waals surface area contributed by atoms with E-state index in [0.717, 1.165) is 0 Å². The number of carbonyl (C=O) groups excluding carboxylic acids is 1. The Bertz CT molecular complexity index is 529. The molecule has 0 aromatic carbocycles. The van der Waals surface area contributed by atoms with Crippen LogP contribution < -0.4 is 5.32 Å². The van der Waals surface area contributed by atoms with Crippen LogP contribution >= 0.6 is 31.9 Å². The Kier molecular flexibility index (Phi) is 5.52. The summed E-state index contributed by atoms with van der Waals surface area (Å²) >= 11 is 6.44.